The standard InChI is InChI=1S/C22H17N3O3/c1-23-22-20(25(26)27)18(13-7-3-2-4-8-13)16-12-11-15-14-9-5-6-10-17(14)24-19(15)21(16)28-22/h2-12,18,23-24H,1H3. The van der Waals surface area contributed by atoms with E-state index < -0.39 is 5.92 Å². The first-order chi connectivity index (χ1) is 13.7. The lowest BCUT2D eigenvalue weighted by molar-refractivity contribution is -0.432. The summed E-state index contributed by atoms with van der Waals surface area (Å²) < 4.78 is 6.05. The molecule has 1 unspecified atom stereocenters. The van der Waals surface area contributed by atoms with E-state index in [9.17, 15) is 10.1 Å². The normalized spacial score (nSPS) is 16.1. The molecule has 0 fully saturated rings. The first kappa shape index (κ1) is 16.4. The highest BCUT2D eigenvalue weighted by atomic mass is 16.6. The number of benzene rings is 3. The lowest BCUT2D eigenvalue weighted by atomic mass is 9.86. The fraction of sp³-hybridized carbons (Fsp3) is 0.0909. The van der Waals surface area contributed by atoms with E-state index in [2.05, 4.69) is 16.4 Å². The van der Waals surface area contributed by atoms with E-state index in [1.54, 1.807) is 7.05 Å². The lowest BCUT2D eigenvalue weighted by Gasteiger charge is -2.26. The summed E-state index contributed by atoms with van der Waals surface area (Å²) >= 11 is 0. The number of nitrogens with zero attached hydrogens (tertiary/aromatic N) is 1. The number of ether oxygens (including phenoxy) is 1. The van der Waals surface area contributed by atoms with Gasteiger partial charge in [0.05, 0.1) is 10.4 Å². The number of H-pyrrole nitrogens is 1. The van der Waals surface area contributed by atoms with Crippen LogP contribution >= 0.6 is 0 Å². The Balaban J connectivity index is 1.84. The van der Waals surface area contributed by atoms with Crippen molar-refractivity contribution in [3.05, 3.63) is 99.6 Å². The molecular weight excluding hydrogens is 354 g/mol. The third-order valence-corrected chi connectivity index (χ3v) is 5.24. The molecule has 0 saturated carbocycles. The summed E-state index contributed by atoms with van der Waals surface area (Å²) in [6.07, 6.45) is 0. The molecule has 3 aromatic carbocycles. The van der Waals surface area contributed by atoms with Crippen molar-refractivity contribution in [2.24, 2.45) is 0 Å². The summed E-state index contributed by atoms with van der Waals surface area (Å²) in [5.74, 6) is 0.258. The Hall–Kier alpha value is -3.80. The highest BCUT2D eigenvalue weighted by Gasteiger charge is 2.40. The van der Waals surface area contributed by atoms with E-state index in [0.29, 0.717) is 5.75 Å². The molecule has 2 heterocycles. The van der Waals surface area contributed by atoms with E-state index in [1.807, 2.05) is 60.7 Å². The zero-order chi connectivity index (χ0) is 19.3. The van der Waals surface area contributed by atoms with Crippen LogP contribution in [0.2, 0.25) is 0 Å². The van der Waals surface area contributed by atoms with Crippen LogP contribution in [-0.2, 0) is 0 Å². The van der Waals surface area contributed by atoms with Gasteiger partial charge in [-0.15, -0.1) is 0 Å². The fourth-order valence-electron chi connectivity index (χ4n) is 4.03. The van der Waals surface area contributed by atoms with Gasteiger partial charge < -0.3 is 15.0 Å². The van der Waals surface area contributed by atoms with Gasteiger partial charge in [-0.25, -0.2) is 0 Å². The lowest BCUT2D eigenvalue weighted by Crippen LogP contribution is -2.27. The maximum absolute atomic E-state index is 11.9. The minimum atomic E-state index is -0.529. The van der Waals surface area contributed by atoms with Crippen LogP contribution in [0.4, 0.5) is 0 Å². The van der Waals surface area contributed by atoms with E-state index >= 15 is 0 Å². The minimum Gasteiger partial charge on any atom is -0.433 e. The Morgan fingerprint density at radius 3 is 2.50 bits per heavy atom. The SMILES string of the molecule is CNC1=C([N+](=O)[O-])C(c2ccccc2)c2ccc3c([nH]c4ccccc43)c2O1. The number of rotatable bonds is 3. The molecule has 0 bridgehead atoms. The average Bonchev–Trinajstić information content (AvgIpc) is 3.12. The molecule has 1 atom stereocenters. The number of fused-ring (bicyclic) bond motifs is 5. The number of aromatic nitrogens is 1. The van der Waals surface area contributed by atoms with Crippen LogP contribution < -0.4 is 10.1 Å². The number of para-hydroxylation sites is 1. The topological polar surface area (TPSA) is 80.2 Å². The highest BCUT2D eigenvalue weighted by Crippen LogP contribution is 2.46. The number of aromatic amines is 1. The summed E-state index contributed by atoms with van der Waals surface area (Å²) in [6, 6.07) is 21.5. The van der Waals surface area contributed by atoms with Crippen molar-refractivity contribution in [1.82, 2.24) is 10.3 Å². The molecule has 0 radical (unpaired) electrons. The van der Waals surface area contributed by atoms with Crippen molar-refractivity contribution >= 4 is 21.8 Å². The third kappa shape index (κ3) is 2.28. The molecule has 6 heteroatoms. The van der Waals surface area contributed by atoms with Gasteiger partial charge in [0.25, 0.3) is 5.88 Å². The van der Waals surface area contributed by atoms with Crippen LogP contribution in [0.1, 0.15) is 17.0 Å². The molecule has 0 aliphatic carbocycles. The monoisotopic (exact) mass is 371 g/mol. The summed E-state index contributed by atoms with van der Waals surface area (Å²) in [5, 5.41) is 16.9. The molecule has 28 heavy (non-hydrogen) atoms. The maximum atomic E-state index is 11.9. The van der Waals surface area contributed by atoms with Crippen LogP contribution in [0.3, 0.4) is 0 Å². The molecule has 1 aliphatic heterocycles. The molecule has 0 spiro atoms. The fourth-order valence-corrected chi connectivity index (χ4v) is 4.03. The summed E-state index contributed by atoms with van der Waals surface area (Å²) in [4.78, 5) is 15.0. The quantitative estimate of drug-likeness (QED) is 0.410. The third-order valence-electron chi connectivity index (χ3n) is 5.24. The Morgan fingerprint density at radius 1 is 1.00 bits per heavy atom. The van der Waals surface area contributed by atoms with Crippen LogP contribution in [0.5, 0.6) is 5.75 Å². The minimum absolute atomic E-state index is 0.0108. The number of nitro groups is 1. The summed E-state index contributed by atoms with van der Waals surface area (Å²) in [5.41, 5.74) is 3.48. The number of hydrogen-bond acceptors (Lipinski definition) is 4. The second kappa shape index (κ2) is 6.13. The highest BCUT2D eigenvalue weighted by molar-refractivity contribution is 6.09. The zero-order valence-electron chi connectivity index (χ0n) is 15.1. The molecule has 1 aromatic heterocycles. The first-order valence-electron chi connectivity index (χ1n) is 9.01. The molecule has 4 aromatic rings. The van der Waals surface area contributed by atoms with Gasteiger partial charge in [0.15, 0.2) is 5.75 Å². The Labute approximate surface area is 160 Å². The molecule has 0 amide bonds. The van der Waals surface area contributed by atoms with Gasteiger partial charge in [-0.3, -0.25) is 10.1 Å². The van der Waals surface area contributed by atoms with Gasteiger partial charge in [-0.1, -0.05) is 60.7 Å². The van der Waals surface area contributed by atoms with Crippen molar-refractivity contribution < 1.29 is 9.66 Å². The van der Waals surface area contributed by atoms with Crippen molar-refractivity contribution in [2.75, 3.05) is 7.05 Å². The molecule has 6 nitrogen and oxygen atoms in total. The Morgan fingerprint density at radius 2 is 1.75 bits per heavy atom. The van der Waals surface area contributed by atoms with E-state index in [4.69, 9.17) is 4.74 Å². The molecule has 0 saturated heterocycles. The second-order valence-electron chi connectivity index (χ2n) is 6.74. The van der Waals surface area contributed by atoms with Gasteiger partial charge in [-0.05, 0) is 11.6 Å². The van der Waals surface area contributed by atoms with Gasteiger partial charge in [-0.2, -0.15) is 0 Å². The van der Waals surface area contributed by atoms with Crippen LogP contribution in [0.25, 0.3) is 21.8 Å². The molecule has 5 rings (SSSR count). The summed E-state index contributed by atoms with van der Waals surface area (Å²) in [7, 11) is 1.64. The largest absolute Gasteiger partial charge is 0.433 e. The molecule has 138 valence electrons. The second-order valence-corrected chi connectivity index (χ2v) is 6.74. The predicted octanol–water partition coefficient (Wildman–Crippen LogP) is 4.51. The smallest absolute Gasteiger partial charge is 0.317 e. The predicted molar refractivity (Wildman–Crippen MR) is 108 cm³/mol. The van der Waals surface area contributed by atoms with E-state index in [1.165, 1.54) is 0 Å². The zero-order valence-corrected chi connectivity index (χ0v) is 15.1. The van der Waals surface area contributed by atoms with E-state index in [-0.39, 0.29) is 16.5 Å². The van der Waals surface area contributed by atoms with Gasteiger partial charge >= 0.3 is 5.70 Å². The van der Waals surface area contributed by atoms with Crippen LogP contribution in [0.15, 0.2) is 78.3 Å². The van der Waals surface area contributed by atoms with Crippen molar-refractivity contribution in [1.29, 1.82) is 0 Å². The Kier molecular flexibility index (Phi) is 3.58. The first-order valence-corrected chi connectivity index (χ1v) is 9.01. The van der Waals surface area contributed by atoms with Crippen molar-refractivity contribution in [2.45, 2.75) is 5.92 Å². The van der Waals surface area contributed by atoms with Crippen LogP contribution in [-0.4, -0.2) is 17.0 Å². The van der Waals surface area contributed by atoms with Crippen molar-refractivity contribution in [3.63, 3.8) is 0 Å². The number of hydrogen-bond donors (Lipinski definition) is 2. The van der Waals surface area contributed by atoms with E-state index in [0.717, 1.165) is 32.9 Å². The Bertz CT molecular complexity index is 1260. The van der Waals surface area contributed by atoms with Crippen molar-refractivity contribution in [3.8, 4) is 5.75 Å². The molecular formula is C22H17N3O3. The number of nitrogens with one attached hydrogen (secondary N) is 2. The summed E-state index contributed by atoms with van der Waals surface area (Å²) in [6.45, 7) is 0. The average molecular weight is 371 g/mol. The van der Waals surface area contributed by atoms with Gasteiger partial charge in [0, 0.05) is 28.9 Å². The molecule has 2 N–H and O–H groups in total. The van der Waals surface area contributed by atoms with Gasteiger partial charge in [0.1, 0.15) is 5.92 Å². The van der Waals surface area contributed by atoms with Crippen LogP contribution in [0, 0.1) is 10.1 Å². The maximum Gasteiger partial charge on any atom is 0.317 e. The van der Waals surface area contributed by atoms with Gasteiger partial charge in [0.2, 0.25) is 0 Å². The number of allylic oxidation sites excluding steroid dienone is 1. The molecule has 1 aliphatic rings.